The minimum absolute atomic E-state index is 0.0113. The van der Waals surface area contributed by atoms with Gasteiger partial charge in [-0.05, 0) is 12.5 Å². The predicted molar refractivity (Wildman–Crippen MR) is 144 cm³/mol. The molecule has 0 aromatic carbocycles. The van der Waals surface area contributed by atoms with Crippen LogP contribution in [0, 0.1) is 0 Å². The van der Waals surface area contributed by atoms with Gasteiger partial charge in [-0.15, -0.1) is 34.9 Å². The second kappa shape index (κ2) is 12.6. The van der Waals surface area contributed by atoms with Gasteiger partial charge in [0.2, 0.25) is 12.6 Å². The Balaban J connectivity index is 1.46. The molecule has 2 amide bonds. The molecule has 13 nitrogen and oxygen atoms in total. The molecule has 4 heterocycles. The first-order valence-corrected chi connectivity index (χ1v) is 14.7. The molecule has 2 aromatic heterocycles. The molecule has 0 unspecified atom stereocenters. The third-order valence-corrected chi connectivity index (χ3v) is 8.91. The normalized spacial score (nSPS) is 19.6. The number of hydrogen-bond donors (Lipinski definition) is 4. The molecular formula is C23H22F3N6O7S3+. The maximum absolute atomic E-state index is 13.1. The van der Waals surface area contributed by atoms with Gasteiger partial charge in [0.1, 0.15) is 22.8 Å². The van der Waals surface area contributed by atoms with Gasteiger partial charge in [-0.1, -0.05) is 5.16 Å². The second-order valence-corrected chi connectivity index (χ2v) is 11.9. The number of rotatable bonds is 11. The quantitative estimate of drug-likeness (QED) is 0.0905. The van der Waals surface area contributed by atoms with E-state index in [2.05, 4.69) is 15.5 Å². The first-order chi connectivity index (χ1) is 19.7. The lowest BCUT2D eigenvalue weighted by molar-refractivity contribution is -0.719. The summed E-state index contributed by atoms with van der Waals surface area (Å²) in [6.07, 6.45) is -3.22. The topological polar surface area (TPSA) is 188 Å². The summed E-state index contributed by atoms with van der Waals surface area (Å²) in [4.78, 5) is 59.9. The number of carbonyl (C=O) groups excluding carboxylic acids is 2. The molecule has 1 fully saturated rings. The summed E-state index contributed by atoms with van der Waals surface area (Å²) in [6, 6.07) is 1.83. The fourth-order valence-electron chi connectivity index (χ4n) is 3.80. The SMILES string of the molecule is C[C@H](O/N=C(\C(=O)N[C@@H]1C(=O)N2C(C(=O)O)=C(CSc3cc[n+](CC(F)(F)F)cc3)CS[C@H]12)c1csc(N)n1)C(=O)O. The number of β-lactam (4-membered cyclic amide) rings is 1. The van der Waals surface area contributed by atoms with Gasteiger partial charge in [-0.2, -0.15) is 17.7 Å². The number of nitrogen functional groups attached to an aromatic ring is 1. The molecule has 0 radical (unpaired) electrons. The zero-order valence-corrected chi connectivity index (χ0v) is 23.9. The Morgan fingerprint density at radius 2 is 2.02 bits per heavy atom. The first kappa shape index (κ1) is 31.1. The number of thioether (sulfide) groups is 2. The van der Waals surface area contributed by atoms with Gasteiger partial charge in [0.25, 0.3) is 11.8 Å². The number of nitrogens with two attached hydrogens (primary N) is 1. The number of nitrogens with zero attached hydrogens (tertiary/aromatic N) is 4. The van der Waals surface area contributed by atoms with E-state index in [-0.39, 0.29) is 28.0 Å². The van der Waals surface area contributed by atoms with Gasteiger partial charge in [0, 0.05) is 33.9 Å². The van der Waals surface area contributed by atoms with Crippen LogP contribution in [0.15, 0.2) is 51.2 Å². The number of anilines is 1. The number of fused-ring (bicyclic) bond motifs is 1. The molecule has 0 spiro atoms. The molecule has 2 aromatic rings. The van der Waals surface area contributed by atoms with Crippen LogP contribution >= 0.6 is 34.9 Å². The molecule has 0 saturated carbocycles. The van der Waals surface area contributed by atoms with E-state index in [9.17, 15) is 37.5 Å². The largest absolute Gasteiger partial charge is 0.478 e. The molecule has 42 heavy (non-hydrogen) atoms. The van der Waals surface area contributed by atoms with E-state index in [1.807, 2.05) is 0 Å². The number of carboxylic acid groups (broad SMARTS) is 2. The maximum atomic E-state index is 13.1. The summed E-state index contributed by atoms with van der Waals surface area (Å²) in [5, 5.41) is 25.8. The zero-order chi connectivity index (χ0) is 30.8. The molecule has 2 aliphatic rings. The molecule has 4 rings (SSSR count). The summed E-state index contributed by atoms with van der Waals surface area (Å²) in [5.41, 5.74) is 5.39. The maximum Gasteiger partial charge on any atom is 0.448 e. The lowest BCUT2D eigenvalue weighted by Crippen LogP contribution is -2.71. The van der Waals surface area contributed by atoms with Crippen molar-refractivity contribution in [3.8, 4) is 0 Å². The Bertz CT molecular complexity index is 1460. The summed E-state index contributed by atoms with van der Waals surface area (Å²) < 4.78 is 38.7. The van der Waals surface area contributed by atoms with Gasteiger partial charge in [0.05, 0.1) is 0 Å². The van der Waals surface area contributed by atoms with Crippen LogP contribution in [-0.4, -0.2) is 84.8 Å². The minimum atomic E-state index is -4.37. The van der Waals surface area contributed by atoms with E-state index in [1.165, 1.54) is 60.4 Å². The molecule has 1 saturated heterocycles. The Kier molecular flexibility index (Phi) is 9.31. The number of carboxylic acids is 2. The lowest BCUT2D eigenvalue weighted by atomic mass is 10.0. The van der Waals surface area contributed by atoms with E-state index >= 15 is 0 Å². The zero-order valence-electron chi connectivity index (χ0n) is 21.4. The molecule has 2 aliphatic heterocycles. The molecule has 3 atom stereocenters. The molecule has 0 aliphatic carbocycles. The van der Waals surface area contributed by atoms with Crippen LogP contribution in [0.5, 0.6) is 0 Å². The van der Waals surface area contributed by atoms with Crippen LogP contribution in [-0.2, 0) is 30.6 Å². The van der Waals surface area contributed by atoms with Crippen molar-refractivity contribution in [3.05, 3.63) is 46.9 Å². The average Bonchev–Trinajstić information content (AvgIpc) is 3.35. The number of hydrogen-bond acceptors (Lipinski definition) is 11. The average molecular weight is 648 g/mol. The third kappa shape index (κ3) is 7.13. The van der Waals surface area contributed by atoms with E-state index < -0.39 is 59.7 Å². The molecule has 19 heteroatoms. The fourth-order valence-corrected chi connectivity index (χ4v) is 6.72. The Labute approximate surface area is 247 Å². The molecular weight excluding hydrogens is 625 g/mol. The smallest absolute Gasteiger partial charge is 0.448 e. The van der Waals surface area contributed by atoms with E-state index in [1.54, 1.807) is 0 Å². The summed E-state index contributed by atoms with van der Waals surface area (Å²) in [5.74, 6) is -3.91. The van der Waals surface area contributed by atoms with Crippen molar-refractivity contribution >= 4 is 69.5 Å². The van der Waals surface area contributed by atoms with E-state index in [0.29, 0.717) is 10.5 Å². The number of halogens is 3. The summed E-state index contributed by atoms with van der Waals surface area (Å²) in [7, 11) is 0. The number of oxime groups is 1. The summed E-state index contributed by atoms with van der Waals surface area (Å²) in [6.45, 7) is 0.0546. The highest BCUT2D eigenvalue weighted by Crippen LogP contribution is 2.41. The highest BCUT2D eigenvalue weighted by atomic mass is 32.2. The standard InChI is InChI=1S/C23H21F3N6O7S3/c1-10(20(35)36)39-30-14(13-8-42-22(27)28-13)17(33)29-15-18(34)32-16(21(37)38)11(7-41-19(15)32)6-40-12-2-4-31(5-3-12)9-23(24,25)26/h2-5,8,10,15,19H,6-7,9H2,1H3,(H4-,27,28,29,33,35,36,37,38)/p+1/b30-14-/t10-,15+,19+/m0/s1. The number of aromatic nitrogens is 2. The number of aliphatic carboxylic acids is 2. The molecule has 0 bridgehead atoms. The van der Waals surface area contributed by atoms with Crippen LogP contribution in [0.4, 0.5) is 18.3 Å². The van der Waals surface area contributed by atoms with Crippen LogP contribution in [0.1, 0.15) is 12.6 Å². The van der Waals surface area contributed by atoms with Crippen molar-refractivity contribution in [2.24, 2.45) is 5.16 Å². The monoisotopic (exact) mass is 647 g/mol. The number of amides is 2. The van der Waals surface area contributed by atoms with Crippen LogP contribution in [0.25, 0.3) is 0 Å². The van der Waals surface area contributed by atoms with E-state index in [0.717, 1.165) is 20.8 Å². The van der Waals surface area contributed by atoms with Crippen LogP contribution in [0.2, 0.25) is 0 Å². The fraction of sp³-hybridized carbons (Fsp3) is 0.348. The Morgan fingerprint density at radius 3 is 2.60 bits per heavy atom. The van der Waals surface area contributed by atoms with Crippen molar-refractivity contribution in [3.63, 3.8) is 0 Å². The lowest BCUT2D eigenvalue weighted by Gasteiger charge is -2.49. The first-order valence-electron chi connectivity index (χ1n) is 11.8. The van der Waals surface area contributed by atoms with Gasteiger partial charge < -0.3 is 26.1 Å². The van der Waals surface area contributed by atoms with Gasteiger partial charge in [-0.3, -0.25) is 14.5 Å². The number of carbonyl (C=O) groups is 4. The van der Waals surface area contributed by atoms with Crippen molar-refractivity contribution in [2.75, 3.05) is 17.2 Å². The van der Waals surface area contributed by atoms with E-state index in [4.69, 9.17) is 15.7 Å². The molecule has 224 valence electrons. The third-order valence-electron chi connectivity index (χ3n) is 5.80. The Hall–Kier alpha value is -3.84. The van der Waals surface area contributed by atoms with Crippen LogP contribution < -0.4 is 15.6 Å². The highest BCUT2D eigenvalue weighted by molar-refractivity contribution is 8.01. The number of alkyl halides is 3. The molecule has 5 N–H and O–H groups in total. The van der Waals surface area contributed by atoms with Crippen molar-refractivity contribution in [1.82, 2.24) is 15.2 Å². The highest BCUT2D eigenvalue weighted by Gasteiger charge is 2.54. The second-order valence-electron chi connectivity index (χ2n) is 8.83. The van der Waals surface area contributed by atoms with Gasteiger partial charge >= 0.3 is 18.1 Å². The number of thiazole rings is 1. The predicted octanol–water partition coefficient (Wildman–Crippen LogP) is 1.30. The van der Waals surface area contributed by atoms with Crippen molar-refractivity contribution in [1.29, 1.82) is 0 Å². The van der Waals surface area contributed by atoms with Crippen molar-refractivity contribution < 1.29 is 52.0 Å². The van der Waals surface area contributed by atoms with Crippen molar-refractivity contribution in [2.45, 2.75) is 42.1 Å². The minimum Gasteiger partial charge on any atom is -0.478 e. The van der Waals surface area contributed by atoms with Gasteiger partial charge in [0.15, 0.2) is 23.2 Å². The van der Waals surface area contributed by atoms with Gasteiger partial charge in [-0.25, -0.2) is 14.6 Å². The summed E-state index contributed by atoms with van der Waals surface area (Å²) >= 11 is 3.41. The number of pyridine rings is 1. The van der Waals surface area contributed by atoms with Crippen LogP contribution in [0.3, 0.4) is 0 Å². The number of nitrogens with one attached hydrogen (secondary N) is 1. The Morgan fingerprint density at radius 1 is 1.33 bits per heavy atom.